The third kappa shape index (κ3) is 3.99. The van der Waals surface area contributed by atoms with Crippen LogP contribution in [-0.4, -0.2) is 23.0 Å². The fourth-order valence-electron chi connectivity index (χ4n) is 1.54. The Labute approximate surface area is 136 Å². The molecule has 0 aliphatic rings. The molecule has 2 N–H and O–H groups in total. The highest BCUT2D eigenvalue weighted by molar-refractivity contribution is 7.99. The molecule has 0 saturated heterocycles. The van der Waals surface area contributed by atoms with Gasteiger partial charge in [0.05, 0.1) is 10.6 Å². The molecule has 5 nitrogen and oxygen atoms in total. The number of carbonyl (C=O) groups is 2. The van der Waals surface area contributed by atoms with E-state index in [0.717, 1.165) is 4.90 Å². The number of rotatable bonds is 5. The summed E-state index contributed by atoms with van der Waals surface area (Å²) in [4.78, 5) is 28.1. The smallest absolute Gasteiger partial charge is 0.341 e. The van der Waals surface area contributed by atoms with Gasteiger partial charge in [0.15, 0.2) is 6.10 Å². The Balaban J connectivity index is 2.25. The number of amides is 1. The topological polar surface area (TPSA) is 82.3 Å². The van der Waals surface area contributed by atoms with Gasteiger partial charge in [0, 0.05) is 11.1 Å². The number of hydrogen-bond acceptors (Lipinski definition) is 5. The van der Waals surface area contributed by atoms with Crippen LogP contribution in [0.4, 0.5) is 0 Å². The number of carbonyl (C=O) groups excluding carboxylic acids is 2. The number of primary amides is 1. The second kappa shape index (κ2) is 7.29. The number of ether oxygens (including phenoxy) is 1. The SMILES string of the molecule is C[C@H](OC(=O)c1cccnc1Sc1ccccc1Cl)C(N)=O. The molecule has 1 atom stereocenters. The molecule has 22 heavy (non-hydrogen) atoms. The maximum atomic E-state index is 12.1. The first-order valence-corrected chi connectivity index (χ1v) is 7.56. The highest BCUT2D eigenvalue weighted by atomic mass is 35.5. The Morgan fingerprint density at radius 1 is 1.27 bits per heavy atom. The number of halogens is 1. The summed E-state index contributed by atoms with van der Waals surface area (Å²) in [7, 11) is 0. The van der Waals surface area contributed by atoms with Gasteiger partial charge in [-0.2, -0.15) is 0 Å². The largest absolute Gasteiger partial charge is 0.449 e. The Bertz CT molecular complexity index is 709. The van der Waals surface area contributed by atoms with Crippen molar-refractivity contribution in [3.63, 3.8) is 0 Å². The van der Waals surface area contributed by atoms with Crippen molar-refractivity contribution in [3.8, 4) is 0 Å². The van der Waals surface area contributed by atoms with Crippen LogP contribution in [0, 0.1) is 0 Å². The van der Waals surface area contributed by atoms with E-state index >= 15 is 0 Å². The molecule has 1 aromatic carbocycles. The van der Waals surface area contributed by atoms with Crippen LogP contribution in [0.1, 0.15) is 17.3 Å². The van der Waals surface area contributed by atoms with Gasteiger partial charge in [0.25, 0.3) is 5.91 Å². The van der Waals surface area contributed by atoms with E-state index in [1.807, 2.05) is 18.2 Å². The average Bonchev–Trinajstić information content (AvgIpc) is 2.50. The molecule has 0 aliphatic heterocycles. The highest BCUT2D eigenvalue weighted by Crippen LogP contribution is 2.33. The van der Waals surface area contributed by atoms with Crippen LogP contribution in [0.3, 0.4) is 0 Å². The molecular weight excluding hydrogens is 324 g/mol. The van der Waals surface area contributed by atoms with Gasteiger partial charge in [-0.3, -0.25) is 4.79 Å². The standard InChI is InChI=1S/C15H13ClN2O3S/c1-9(13(17)19)21-15(20)10-5-4-8-18-14(10)22-12-7-3-2-6-11(12)16/h2-9H,1H3,(H2,17,19)/t9-/m0/s1. The second-order valence-electron chi connectivity index (χ2n) is 4.34. The van der Waals surface area contributed by atoms with Crippen molar-refractivity contribution in [3.05, 3.63) is 53.2 Å². The minimum absolute atomic E-state index is 0.250. The molecule has 0 aliphatic carbocycles. The van der Waals surface area contributed by atoms with E-state index in [9.17, 15) is 9.59 Å². The van der Waals surface area contributed by atoms with Crippen LogP contribution >= 0.6 is 23.4 Å². The highest BCUT2D eigenvalue weighted by Gasteiger charge is 2.20. The average molecular weight is 337 g/mol. The zero-order chi connectivity index (χ0) is 16.1. The zero-order valence-electron chi connectivity index (χ0n) is 11.7. The summed E-state index contributed by atoms with van der Waals surface area (Å²) >= 11 is 7.35. The van der Waals surface area contributed by atoms with Gasteiger partial charge in [0.2, 0.25) is 0 Å². The van der Waals surface area contributed by atoms with Crippen molar-refractivity contribution in [1.29, 1.82) is 0 Å². The molecule has 0 unspecified atom stereocenters. The maximum Gasteiger partial charge on any atom is 0.341 e. The first-order chi connectivity index (χ1) is 10.5. The van der Waals surface area contributed by atoms with Crippen molar-refractivity contribution >= 4 is 35.2 Å². The van der Waals surface area contributed by atoms with Crippen molar-refractivity contribution < 1.29 is 14.3 Å². The first-order valence-electron chi connectivity index (χ1n) is 6.36. The van der Waals surface area contributed by atoms with Crippen LogP contribution in [-0.2, 0) is 9.53 Å². The monoisotopic (exact) mass is 336 g/mol. The van der Waals surface area contributed by atoms with E-state index in [4.69, 9.17) is 22.1 Å². The molecule has 7 heteroatoms. The lowest BCUT2D eigenvalue weighted by Crippen LogP contribution is -2.30. The molecule has 0 spiro atoms. The van der Waals surface area contributed by atoms with Crippen molar-refractivity contribution in [2.45, 2.75) is 22.9 Å². The lowest BCUT2D eigenvalue weighted by molar-refractivity contribution is -0.125. The number of nitrogens with two attached hydrogens (primary N) is 1. The second-order valence-corrected chi connectivity index (χ2v) is 5.78. The lowest BCUT2D eigenvalue weighted by atomic mass is 10.3. The number of esters is 1. The van der Waals surface area contributed by atoms with Gasteiger partial charge in [0.1, 0.15) is 5.03 Å². The molecule has 0 fully saturated rings. The summed E-state index contributed by atoms with van der Waals surface area (Å²) in [5.74, 6) is -1.37. The summed E-state index contributed by atoms with van der Waals surface area (Å²) in [5, 5.41) is 1.00. The summed E-state index contributed by atoms with van der Waals surface area (Å²) in [6, 6.07) is 10.4. The van der Waals surface area contributed by atoms with E-state index in [1.54, 1.807) is 24.4 Å². The van der Waals surface area contributed by atoms with Gasteiger partial charge in [-0.05, 0) is 31.2 Å². The zero-order valence-corrected chi connectivity index (χ0v) is 13.2. The number of aromatic nitrogens is 1. The van der Waals surface area contributed by atoms with E-state index in [1.165, 1.54) is 18.7 Å². The number of benzene rings is 1. The van der Waals surface area contributed by atoms with Gasteiger partial charge in [-0.25, -0.2) is 9.78 Å². The van der Waals surface area contributed by atoms with Gasteiger partial charge >= 0.3 is 5.97 Å². The van der Waals surface area contributed by atoms with E-state index < -0.39 is 18.0 Å². The molecule has 114 valence electrons. The molecule has 0 bridgehead atoms. The predicted octanol–water partition coefficient (Wildman–Crippen LogP) is 2.92. The third-order valence-electron chi connectivity index (χ3n) is 2.72. The number of hydrogen-bond donors (Lipinski definition) is 1. The third-order valence-corrected chi connectivity index (χ3v) is 4.26. The summed E-state index contributed by atoms with van der Waals surface area (Å²) in [5.41, 5.74) is 5.34. The fourth-order valence-corrected chi connectivity index (χ4v) is 2.69. The van der Waals surface area contributed by atoms with Crippen LogP contribution in [0.2, 0.25) is 5.02 Å². The van der Waals surface area contributed by atoms with Crippen LogP contribution in [0.5, 0.6) is 0 Å². The predicted molar refractivity (Wildman–Crippen MR) is 83.9 cm³/mol. The van der Waals surface area contributed by atoms with Crippen molar-refractivity contribution in [1.82, 2.24) is 4.98 Å². The van der Waals surface area contributed by atoms with E-state index in [-0.39, 0.29) is 5.56 Å². The lowest BCUT2D eigenvalue weighted by Gasteiger charge is -2.12. The van der Waals surface area contributed by atoms with E-state index in [0.29, 0.717) is 10.0 Å². The Hall–Kier alpha value is -2.05. The summed E-state index contributed by atoms with van der Waals surface area (Å²) in [6.45, 7) is 1.41. The molecule has 1 aromatic heterocycles. The Kier molecular flexibility index (Phi) is 5.41. The fraction of sp³-hybridized carbons (Fsp3) is 0.133. The number of nitrogens with zero attached hydrogens (tertiary/aromatic N) is 1. The first kappa shape index (κ1) is 16.3. The molecule has 2 rings (SSSR count). The number of pyridine rings is 1. The van der Waals surface area contributed by atoms with E-state index in [2.05, 4.69) is 4.98 Å². The van der Waals surface area contributed by atoms with Crippen LogP contribution in [0.25, 0.3) is 0 Å². The molecule has 0 radical (unpaired) electrons. The maximum absolute atomic E-state index is 12.1. The normalized spacial score (nSPS) is 11.7. The van der Waals surface area contributed by atoms with Gasteiger partial charge in [-0.1, -0.05) is 35.5 Å². The Morgan fingerprint density at radius 2 is 2.00 bits per heavy atom. The Morgan fingerprint density at radius 3 is 2.68 bits per heavy atom. The molecule has 0 saturated carbocycles. The molecule has 2 aromatic rings. The summed E-state index contributed by atoms with van der Waals surface area (Å²) < 4.78 is 5.01. The van der Waals surface area contributed by atoms with Crippen molar-refractivity contribution in [2.75, 3.05) is 0 Å². The van der Waals surface area contributed by atoms with Crippen molar-refractivity contribution in [2.24, 2.45) is 5.73 Å². The summed E-state index contributed by atoms with van der Waals surface area (Å²) in [6.07, 6.45) is 0.555. The quantitative estimate of drug-likeness (QED) is 0.849. The molecule has 1 heterocycles. The minimum atomic E-state index is -1.01. The molecular formula is C15H13ClN2O3S. The van der Waals surface area contributed by atoms with Crippen LogP contribution < -0.4 is 5.73 Å². The minimum Gasteiger partial charge on any atom is -0.449 e. The molecule has 1 amide bonds. The van der Waals surface area contributed by atoms with Crippen LogP contribution in [0.15, 0.2) is 52.5 Å². The van der Waals surface area contributed by atoms with Gasteiger partial charge in [-0.15, -0.1) is 0 Å². The van der Waals surface area contributed by atoms with Gasteiger partial charge < -0.3 is 10.5 Å².